The lowest BCUT2D eigenvalue weighted by Gasteiger charge is -2.16. The number of aromatic nitrogens is 1. The van der Waals surface area contributed by atoms with Gasteiger partial charge in [0.2, 0.25) is 5.91 Å². The van der Waals surface area contributed by atoms with E-state index >= 15 is 0 Å². The van der Waals surface area contributed by atoms with Gasteiger partial charge in [-0.3, -0.25) is 4.79 Å². The van der Waals surface area contributed by atoms with Gasteiger partial charge in [-0.25, -0.2) is 4.98 Å². The van der Waals surface area contributed by atoms with Gasteiger partial charge >= 0.3 is 0 Å². The van der Waals surface area contributed by atoms with Crippen LogP contribution in [0, 0.1) is 0 Å². The van der Waals surface area contributed by atoms with E-state index in [2.05, 4.69) is 10.3 Å². The molecule has 5 nitrogen and oxygen atoms in total. The van der Waals surface area contributed by atoms with Gasteiger partial charge in [0.25, 0.3) is 0 Å². The van der Waals surface area contributed by atoms with E-state index in [1.54, 1.807) is 20.1 Å². The van der Waals surface area contributed by atoms with Crippen LogP contribution in [0.5, 0.6) is 0 Å². The molecule has 0 unspecified atom stereocenters. The van der Waals surface area contributed by atoms with Crippen molar-refractivity contribution in [3.63, 3.8) is 0 Å². The van der Waals surface area contributed by atoms with Crippen molar-refractivity contribution >= 4 is 17.2 Å². The van der Waals surface area contributed by atoms with E-state index in [-0.39, 0.29) is 5.91 Å². The van der Waals surface area contributed by atoms with Crippen LogP contribution in [0.4, 0.5) is 0 Å². The number of nitrogens with two attached hydrogens (primary N) is 1. The normalized spacial score (nSPS) is 11.5. The molecule has 0 atom stereocenters. The van der Waals surface area contributed by atoms with Gasteiger partial charge in [-0.2, -0.15) is 0 Å². The summed E-state index contributed by atoms with van der Waals surface area (Å²) < 4.78 is 5.25. The summed E-state index contributed by atoms with van der Waals surface area (Å²) in [6.45, 7) is 3.70. The molecule has 2 rings (SSSR count). The highest BCUT2D eigenvalue weighted by Crippen LogP contribution is 2.23. The van der Waals surface area contributed by atoms with Crippen LogP contribution in [0.1, 0.15) is 19.5 Å². The first kappa shape index (κ1) is 12.8. The minimum atomic E-state index is -0.875. The summed E-state index contributed by atoms with van der Waals surface area (Å²) in [5, 5.41) is 5.44. The number of thiazole rings is 1. The minimum Gasteiger partial charge on any atom is -0.462 e. The lowest BCUT2D eigenvalue weighted by Crippen LogP contribution is -2.48. The zero-order chi connectivity index (χ0) is 13.2. The van der Waals surface area contributed by atoms with Crippen LogP contribution in [0.25, 0.3) is 10.8 Å². The average Bonchev–Trinajstić information content (AvgIpc) is 2.94. The monoisotopic (exact) mass is 265 g/mol. The molecule has 0 aromatic carbocycles. The zero-order valence-corrected chi connectivity index (χ0v) is 11.1. The molecule has 0 fully saturated rings. The number of nitrogens with zero attached hydrogens (tertiary/aromatic N) is 1. The lowest BCUT2D eigenvalue weighted by molar-refractivity contribution is -0.125. The summed E-state index contributed by atoms with van der Waals surface area (Å²) in [5.74, 6) is 0.534. The molecule has 2 aromatic rings. The van der Waals surface area contributed by atoms with Crippen molar-refractivity contribution in [3.8, 4) is 10.8 Å². The third kappa shape index (κ3) is 2.96. The summed E-state index contributed by atoms with van der Waals surface area (Å²) in [5.41, 5.74) is 5.60. The third-order valence-corrected chi connectivity index (χ3v) is 3.20. The number of furan rings is 1. The Hall–Kier alpha value is -1.66. The Morgan fingerprint density at radius 3 is 3.00 bits per heavy atom. The molecule has 2 heterocycles. The lowest BCUT2D eigenvalue weighted by atomic mass is 10.1. The van der Waals surface area contributed by atoms with Crippen LogP contribution < -0.4 is 11.1 Å². The van der Waals surface area contributed by atoms with E-state index in [1.165, 1.54) is 11.3 Å². The first-order valence-electron chi connectivity index (χ1n) is 5.52. The molecular formula is C12H15N3O2S. The largest absolute Gasteiger partial charge is 0.462 e. The molecule has 0 spiro atoms. The fraction of sp³-hybridized carbons (Fsp3) is 0.333. The second-order valence-electron chi connectivity index (χ2n) is 4.53. The van der Waals surface area contributed by atoms with Gasteiger partial charge in [-0.1, -0.05) is 0 Å². The van der Waals surface area contributed by atoms with Gasteiger partial charge in [0.05, 0.1) is 24.0 Å². The molecular weight excluding hydrogens is 250 g/mol. The van der Waals surface area contributed by atoms with Crippen molar-refractivity contribution in [1.82, 2.24) is 10.3 Å². The maximum atomic E-state index is 11.6. The molecule has 0 bridgehead atoms. The van der Waals surface area contributed by atoms with Gasteiger partial charge in [0, 0.05) is 5.38 Å². The highest BCUT2D eigenvalue weighted by molar-refractivity contribution is 7.13. The van der Waals surface area contributed by atoms with Crippen LogP contribution >= 0.6 is 11.3 Å². The highest BCUT2D eigenvalue weighted by Gasteiger charge is 2.21. The van der Waals surface area contributed by atoms with E-state index in [4.69, 9.17) is 10.2 Å². The SMILES string of the molecule is CC(C)(N)C(=O)NCc1csc(-c2ccco2)n1. The number of amides is 1. The molecule has 18 heavy (non-hydrogen) atoms. The summed E-state index contributed by atoms with van der Waals surface area (Å²) >= 11 is 1.48. The first-order valence-corrected chi connectivity index (χ1v) is 6.40. The summed E-state index contributed by atoms with van der Waals surface area (Å²) in [7, 11) is 0. The van der Waals surface area contributed by atoms with Crippen molar-refractivity contribution in [2.45, 2.75) is 25.9 Å². The Balaban J connectivity index is 1.98. The molecule has 0 aliphatic carbocycles. The molecule has 0 radical (unpaired) electrons. The second kappa shape index (κ2) is 4.91. The standard InChI is InChI=1S/C12H15N3O2S/c1-12(2,13)11(16)14-6-8-7-18-10(15-8)9-4-3-5-17-9/h3-5,7H,6,13H2,1-2H3,(H,14,16). The molecule has 6 heteroatoms. The van der Waals surface area contributed by atoms with Gasteiger partial charge in [0.15, 0.2) is 10.8 Å². The van der Waals surface area contributed by atoms with Gasteiger partial charge in [-0.05, 0) is 26.0 Å². The first-order chi connectivity index (χ1) is 8.47. The maximum Gasteiger partial charge on any atom is 0.239 e. The van der Waals surface area contributed by atoms with Crippen LogP contribution in [0.15, 0.2) is 28.2 Å². The predicted octanol–water partition coefficient (Wildman–Crippen LogP) is 1.76. The Bertz CT molecular complexity index is 526. The average molecular weight is 265 g/mol. The maximum absolute atomic E-state index is 11.6. The van der Waals surface area contributed by atoms with E-state index in [0.717, 1.165) is 16.5 Å². The fourth-order valence-corrected chi connectivity index (χ4v) is 2.09. The van der Waals surface area contributed by atoms with E-state index in [0.29, 0.717) is 6.54 Å². The van der Waals surface area contributed by atoms with Crippen molar-refractivity contribution in [1.29, 1.82) is 0 Å². The Labute approximate surface area is 109 Å². The Morgan fingerprint density at radius 1 is 1.61 bits per heavy atom. The summed E-state index contributed by atoms with van der Waals surface area (Å²) in [4.78, 5) is 16.0. The molecule has 0 saturated heterocycles. The number of carbonyl (C=O) groups is 1. The Morgan fingerprint density at radius 2 is 2.39 bits per heavy atom. The van der Waals surface area contributed by atoms with Crippen molar-refractivity contribution in [2.24, 2.45) is 5.73 Å². The second-order valence-corrected chi connectivity index (χ2v) is 5.38. The quantitative estimate of drug-likeness (QED) is 0.882. The number of hydrogen-bond donors (Lipinski definition) is 2. The van der Waals surface area contributed by atoms with Crippen molar-refractivity contribution in [3.05, 3.63) is 29.5 Å². The molecule has 96 valence electrons. The Kier molecular flexibility index (Phi) is 3.49. The minimum absolute atomic E-state index is 0.199. The topological polar surface area (TPSA) is 81.2 Å². The summed E-state index contributed by atoms with van der Waals surface area (Å²) in [6.07, 6.45) is 1.61. The van der Waals surface area contributed by atoms with Crippen LogP contribution in [0.3, 0.4) is 0 Å². The van der Waals surface area contributed by atoms with Gasteiger partial charge < -0.3 is 15.5 Å². The van der Waals surface area contributed by atoms with Crippen LogP contribution in [0.2, 0.25) is 0 Å². The van der Waals surface area contributed by atoms with Gasteiger partial charge in [-0.15, -0.1) is 11.3 Å². The van der Waals surface area contributed by atoms with Crippen LogP contribution in [-0.4, -0.2) is 16.4 Å². The summed E-state index contributed by atoms with van der Waals surface area (Å²) in [6, 6.07) is 3.67. The number of hydrogen-bond acceptors (Lipinski definition) is 5. The highest BCUT2D eigenvalue weighted by atomic mass is 32.1. The molecule has 1 amide bonds. The molecule has 2 aromatic heterocycles. The molecule has 0 saturated carbocycles. The van der Waals surface area contributed by atoms with E-state index < -0.39 is 5.54 Å². The predicted molar refractivity (Wildman–Crippen MR) is 69.9 cm³/mol. The van der Waals surface area contributed by atoms with E-state index in [1.807, 2.05) is 17.5 Å². The number of carbonyl (C=O) groups excluding carboxylic acids is 1. The van der Waals surface area contributed by atoms with Gasteiger partial charge in [0.1, 0.15) is 0 Å². The molecule has 0 aliphatic heterocycles. The zero-order valence-electron chi connectivity index (χ0n) is 10.3. The smallest absolute Gasteiger partial charge is 0.239 e. The fourth-order valence-electron chi connectivity index (χ4n) is 1.30. The number of nitrogens with one attached hydrogen (secondary N) is 1. The number of rotatable bonds is 4. The van der Waals surface area contributed by atoms with E-state index in [9.17, 15) is 4.79 Å². The molecule has 3 N–H and O–H groups in total. The van der Waals surface area contributed by atoms with Crippen LogP contribution in [-0.2, 0) is 11.3 Å². The molecule has 0 aliphatic rings. The third-order valence-electron chi connectivity index (χ3n) is 2.30. The van der Waals surface area contributed by atoms with Crippen molar-refractivity contribution in [2.75, 3.05) is 0 Å². The van der Waals surface area contributed by atoms with Crippen molar-refractivity contribution < 1.29 is 9.21 Å².